The fourth-order valence-electron chi connectivity index (χ4n) is 2.99. The van der Waals surface area contributed by atoms with Crippen molar-refractivity contribution in [3.63, 3.8) is 0 Å². The van der Waals surface area contributed by atoms with Crippen molar-refractivity contribution in [3.05, 3.63) is 94.4 Å². The third-order valence-corrected chi connectivity index (χ3v) is 4.47. The van der Waals surface area contributed by atoms with E-state index in [0.717, 1.165) is 22.1 Å². The molecule has 1 aromatic heterocycles. The molecule has 4 rings (SSSR count). The van der Waals surface area contributed by atoms with Crippen molar-refractivity contribution in [2.24, 2.45) is 5.73 Å². The lowest BCUT2D eigenvalue weighted by Gasteiger charge is -2.09. The Labute approximate surface area is 160 Å². The van der Waals surface area contributed by atoms with Crippen LogP contribution in [-0.2, 0) is 6.61 Å². The number of nitrogens with zero attached hydrogens (tertiary/aromatic N) is 1. The summed E-state index contributed by atoms with van der Waals surface area (Å²) in [7, 11) is 0. The number of benzene rings is 3. The third kappa shape index (κ3) is 3.61. The van der Waals surface area contributed by atoms with Gasteiger partial charge in [-0.2, -0.15) is 5.10 Å². The first kappa shape index (κ1) is 17.5. The van der Waals surface area contributed by atoms with Crippen LogP contribution in [0.15, 0.2) is 77.7 Å². The molecule has 1 amide bonds. The lowest BCUT2D eigenvalue weighted by Crippen LogP contribution is -2.11. The van der Waals surface area contributed by atoms with E-state index in [0.29, 0.717) is 23.3 Å². The number of H-pyrrole nitrogens is 1. The summed E-state index contributed by atoms with van der Waals surface area (Å²) < 4.78 is 5.79. The van der Waals surface area contributed by atoms with Crippen LogP contribution >= 0.6 is 0 Å². The monoisotopic (exact) mass is 371 g/mol. The highest BCUT2D eigenvalue weighted by molar-refractivity contribution is 5.92. The van der Waals surface area contributed by atoms with Crippen molar-refractivity contribution in [2.45, 2.75) is 6.61 Å². The van der Waals surface area contributed by atoms with Gasteiger partial charge in [-0.15, -0.1) is 0 Å². The average Bonchev–Trinajstić information content (AvgIpc) is 2.73. The van der Waals surface area contributed by atoms with Gasteiger partial charge in [0.1, 0.15) is 12.4 Å². The minimum Gasteiger partial charge on any atom is -0.489 e. The number of ether oxygens (including phenoxy) is 1. The fourth-order valence-corrected chi connectivity index (χ4v) is 2.99. The number of aromatic amines is 1. The summed E-state index contributed by atoms with van der Waals surface area (Å²) in [6.45, 7) is 0.332. The molecule has 0 radical (unpaired) electrons. The van der Waals surface area contributed by atoms with E-state index in [4.69, 9.17) is 10.5 Å². The normalized spacial score (nSPS) is 10.7. The van der Waals surface area contributed by atoms with Gasteiger partial charge in [0.25, 0.3) is 5.56 Å². The van der Waals surface area contributed by atoms with Crippen molar-refractivity contribution >= 4 is 16.7 Å². The summed E-state index contributed by atoms with van der Waals surface area (Å²) in [6.07, 6.45) is 1.63. The van der Waals surface area contributed by atoms with Crippen LogP contribution in [0.2, 0.25) is 0 Å². The molecule has 0 aliphatic carbocycles. The van der Waals surface area contributed by atoms with Gasteiger partial charge in [0.05, 0.1) is 11.6 Å². The van der Waals surface area contributed by atoms with E-state index in [1.165, 1.54) is 0 Å². The van der Waals surface area contributed by atoms with Crippen LogP contribution in [0.5, 0.6) is 5.75 Å². The summed E-state index contributed by atoms with van der Waals surface area (Å²) >= 11 is 0. The largest absolute Gasteiger partial charge is 0.489 e. The number of hydrogen-bond acceptors (Lipinski definition) is 4. The number of carbonyl (C=O) groups excluding carboxylic acids is 1. The molecular weight excluding hydrogens is 354 g/mol. The predicted molar refractivity (Wildman–Crippen MR) is 107 cm³/mol. The second kappa shape index (κ2) is 7.36. The number of primary amides is 1. The number of carbonyl (C=O) groups is 1. The van der Waals surface area contributed by atoms with E-state index in [-0.39, 0.29) is 5.56 Å². The predicted octanol–water partition coefficient (Wildman–Crippen LogP) is 3.27. The van der Waals surface area contributed by atoms with Crippen LogP contribution in [0.1, 0.15) is 15.9 Å². The molecule has 4 aromatic rings. The van der Waals surface area contributed by atoms with E-state index in [9.17, 15) is 9.59 Å². The number of nitrogens with two attached hydrogens (primary N) is 1. The standard InChI is InChI=1S/C22H17N3O3/c23-21(26)17-3-1-2-14(10-17)13-28-19-8-6-15(7-9-19)16-4-5-18-12-24-25-22(27)20(18)11-16/h1-12H,13H2,(H2,23,26)(H,25,27). The van der Waals surface area contributed by atoms with Gasteiger partial charge in [-0.1, -0.05) is 36.4 Å². The minimum absolute atomic E-state index is 0.211. The summed E-state index contributed by atoms with van der Waals surface area (Å²) in [4.78, 5) is 23.2. The summed E-state index contributed by atoms with van der Waals surface area (Å²) in [5.41, 5.74) is 8.32. The van der Waals surface area contributed by atoms with E-state index in [1.54, 1.807) is 24.4 Å². The molecule has 0 bridgehead atoms. The Morgan fingerprint density at radius 2 is 1.79 bits per heavy atom. The molecule has 0 aliphatic rings. The molecular formula is C22H17N3O3. The second-order valence-corrected chi connectivity index (χ2v) is 6.38. The Hall–Kier alpha value is -3.93. The van der Waals surface area contributed by atoms with Crippen molar-refractivity contribution in [2.75, 3.05) is 0 Å². The second-order valence-electron chi connectivity index (χ2n) is 6.38. The molecule has 0 fully saturated rings. The first-order valence-electron chi connectivity index (χ1n) is 8.69. The Morgan fingerprint density at radius 1 is 1.00 bits per heavy atom. The Morgan fingerprint density at radius 3 is 2.57 bits per heavy atom. The first-order chi connectivity index (χ1) is 13.6. The lowest BCUT2D eigenvalue weighted by molar-refractivity contribution is 0.1000. The number of fused-ring (bicyclic) bond motifs is 1. The molecule has 0 unspecified atom stereocenters. The molecule has 28 heavy (non-hydrogen) atoms. The van der Waals surface area contributed by atoms with Crippen LogP contribution < -0.4 is 16.0 Å². The maximum Gasteiger partial charge on any atom is 0.272 e. The van der Waals surface area contributed by atoms with Gasteiger partial charge in [-0.05, 0) is 47.0 Å². The van der Waals surface area contributed by atoms with Crippen LogP contribution in [0.25, 0.3) is 21.9 Å². The quantitative estimate of drug-likeness (QED) is 0.562. The van der Waals surface area contributed by atoms with Gasteiger partial charge in [-0.3, -0.25) is 9.59 Å². The number of hydrogen-bond donors (Lipinski definition) is 2. The van der Waals surface area contributed by atoms with Crippen molar-refractivity contribution < 1.29 is 9.53 Å². The van der Waals surface area contributed by atoms with Crippen LogP contribution in [0.4, 0.5) is 0 Å². The van der Waals surface area contributed by atoms with E-state index >= 15 is 0 Å². The molecule has 0 spiro atoms. The zero-order valence-electron chi connectivity index (χ0n) is 14.9. The first-order valence-corrected chi connectivity index (χ1v) is 8.69. The highest BCUT2D eigenvalue weighted by Crippen LogP contribution is 2.25. The van der Waals surface area contributed by atoms with E-state index in [1.807, 2.05) is 48.5 Å². The molecule has 3 N–H and O–H groups in total. The topological polar surface area (TPSA) is 98.1 Å². The van der Waals surface area contributed by atoms with Gasteiger partial charge in [0.2, 0.25) is 5.91 Å². The van der Waals surface area contributed by atoms with Gasteiger partial charge in [0, 0.05) is 10.9 Å². The molecule has 6 heteroatoms. The Bertz CT molecular complexity index is 1210. The van der Waals surface area contributed by atoms with Crippen molar-refractivity contribution in [1.29, 1.82) is 0 Å². The molecule has 3 aromatic carbocycles. The third-order valence-electron chi connectivity index (χ3n) is 4.47. The molecule has 0 atom stereocenters. The molecule has 6 nitrogen and oxygen atoms in total. The van der Waals surface area contributed by atoms with Crippen molar-refractivity contribution in [3.8, 4) is 16.9 Å². The molecule has 0 saturated carbocycles. The van der Waals surface area contributed by atoms with Crippen LogP contribution in [-0.4, -0.2) is 16.1 Å². The minimum atomic E-state index is -0.462. The maximum atomic E-state index is 11.9. The number of rotatable bonds is 5. The number of nitrogens with one attached hydrogen (secondary N) is 1. The van der Waals surface area contributed by atoms with Gasteiger partial charge in [-0.25, -0.2) is 5.10 Å². The van der Waals surface area contributed by atoms with Crippen LogP contribution in [0.3, 0.4) is 0 Å². The highest BCUT2D eigenvalue weighted by atomic mass is 16.5. The SMILES string of the molecule is NC(=O)c1cccc(COc2ccc(-c3ccc4cn[nH]c(=O)c4c3)cc2)c1. The number of amides is 1. The van der Waals surface area contributed by atoms with Gasteiger partial charge >= 0.3 is 0 Å². The Balaban J connectivity index is 1.51. The average molecular weight is 371 g/mol. The number of aromatic nitrogens is 2. The van der Waals surface area contributed by atoms with Gasteiger partial charge in [0.15, 0.2) is 0 Å². The Kier molecular flexibility index (Phi) is 4.60. The summed E-state index contributed by atoms with van der Waals surface area (Å²) in [5.74, 6) is 0.243. The van der Waals surface area contributed by atoms with Crippen molar-refractivity contribution in [1.82, 2.24) is 10.2 Å². The van der Waals surface area contributed by atoms with Crippen LogP contribution in [0, 0.1) is 0 Å². The van der Waals surface area contributed by atoms with E-state index < -0.39 is 5.91 Å². The maximum absolute atomic E-state index is 11.9. The smallest absolute Gasteiger partial charge is 0.272 e. The molecule has 0 aliphatic heterocycles. The van der Waals surface area contributed by atoms with Gasteiger partial charge < -0.3 is 10.5 Å². The molecule has 138 valence electrons. The summed E-state index contributed by atoms with van der Waals surface area (Å²) in [6, 6.07) is 20.3. The fraction of sp³-hybridized carbons (Fsp3) is 0.0455. The molecule has 0 saturated heterocycles. The van der Waals surface area contributed by atoms with E-state index in [2.05, 4.69) is 10.2 Å². The highest BCUT2D eigenvalue weighted by Gasteiger charge is 2.05. The zero-order valence-corrected chi connectivity index (χ0v) is 14.9. The molecule has 1 heterocycles. The zero-order chi connectivity index (χ0) is 19.5. The summed E-state index contributed by atoms with van der Waals surface area (Å²) in [5, 5.41) is 7.65. The lowest BCUT2D eigenvalue weighted by atomic mass is 10.0.